The quantitative estimate of drug-likeness (QED) is 0.351. The third-order valence-corrected chi connectivity index (χ3v) is 5.18. The highest BCUT2D eigenvalue weighted by molar-refractivity contribution is 6.08. The zero-order valence-corrected chi connectivity index (χ0v) is 15.6. The van der Waals surface area contributed by atoms with Crippen molar-refractivity contribution in [2.45, 2.75) is 13.2 Å². The van der Waals surface area contributed by atoms with Gasteiger partial charge in [0.15, 0.2) is 0 Å². The van der Waals surface area contributed by atoms with E-state index in [0.29, 0.717) is 6.61 Å². The first-order valence-corrected chi connectivity index (χ1v) is 9.60. The predicted octanol–water partition coefficient (Wildman–Crippen LogP) is 6.42. The Morgan fingerprint density at radius 1 is 0.571 bits per heavy atom. The molecule has 0 fully saturated rings. The van der Waals surface area contributed by atoms with Crippen molar-refractivity contribution in [3.63, 3.8) is 0 Å². The van der Waals surface area contributed by atoms with Crippen LogP contribution in [0.5, 0.6) is 5.75 Å². The summed E-state index contributed by atoms with van der Waals surface area (Å²) in [5.74, 6) is 0.897. The lowest BCUT2D eigenvalue weighted by atomic mass is 10.1. The van der Waals surface area contributed by atoms with Crippen LogP contribution >= 0.6 is 0 Å². The zero-order chi connectivity index (χ0) is 18.8. The number of benzene rings is 4. The van der Waals surface area contributed by atoms with Crippen molar-refractivity contribution in [1.29, 1.82) is 0 Å². The van der Waals surface area contributed by atoms with Gasteiger partial charge >= 0.3 is 0 Å². The van der Waals surface area contributed by atoms with E-state index < -0.39 is 0 Å². The van der Waals surface area contributed by atoms with Crippen LogP contribution in [0.3, 0.4) is 0 Å². The molecule has 0 unspecified atom stereocenters. The van der Waals surface area contributed by atoms with E-state index in [0.717, 1.165) is 12.3 Å². The molecule has 0 N–H and O–H groups in total. The number of fused-ring (bicyclic) bond motifs is 3. The Hall–Kier alpha value is -3.52. The number of hydrogen-bond acceptors (Lipinski definition) is 1. The molecule has 136 valence electrons. The van der Waals surface area contributed by atoms with Crippen LogP contribution in [-0.2, 0) is 13.2 Å². The molecular formula is C26H21NO. The summed E-state index contributed by atoms with van der Waals surface area (Å²) in [6, 6.07) is 35.9. The highest BCUT2D eigenvalue weighted by atomic mass is 16.5. The lowest BCUT2D eigenvalue weighted by molar-refractivity contribution is 0.306. The van der Waals surface area contributed by atoms with Gasteiger partial charge in [0.25, 0.3) is 0 Å². The smallest absolute Gasteiger partial charge is 0.121 e. The summed E-state index contributed by atoms with van der Waals surface area (Å²) < 4.78 is 8.47. The van der Waals surface area contributed by atoms with Crippen LogP contribution in [0, 0.1) is 0 Å². The average molecular weight is 363 g/mol. The van der Waals surface area contributed by atoms with Gasteiger partial charge in [0, 0.05) is 28.9 Å². The van der Waals surface area contributed by atoms with Crippen LogP contribution in [0.1, 0.15) is 11.1 Å². The van der Waals surface area contributed by atoms with Crippen molar-refractivity contribution in [3.05, 3.63) is 114 Å². The molecule has 2 heteroatoms. The van der Waals surface area contributed by atoms with Crippen molar-refractivity contribution < 1.29 is 4.74 Å². The molecule has 28 heavy (non-hydrogen) atoms. The molecule has 1 aromatic heterocycles. The van der Waals surface area contributed by atoms with Crippen molar-refractivity contribution in [3.8, 4) is 5.75 Å². The van der Waals surface area contributed by atoms with Crippen molar-refractivity contribution in [2.75, 3.05) is 0 Å². The molecule has 0 saturated carbocycles. The maximum atomic E-state index is 6.09. The highest BCUT2D eigenvalue weighted by Gasteiger charge is 2.11. The minimum atomic E-state index is 0.575. The van der Waals surface area contributed by atoms with Crippen LogP contribution in [0.4, 0.5) is 0 Å². The van der Waals surface area contributed by atoms with Gasteiger partial charge in [-0.15, -0.1) is 0 Å². The van der Waals surface area contributed by atoms with Gasteiger partial charge in [0.05, 0.1) is 5.52 Å². The van der Waals surface area contributed by atoms with E-state index in [1.54, 1.807) is 0 Å². The summed E-state index contributed by atoms with van der Waals surface area (Å²) in [6.45, 7) is 1.41. The second-order valence-corrected chi connectivity index (χ2v) is 7.04. The third-order valence-electron chi connectivity index (χ3n) is 5.18. The molecule has 5 rings (SSSR count). The number of hydrogen-bond donors (Lipinski definition) is 0. The van der Waals surface area contributed by atoms with Gasteiger partial charge in [0.1, 0.15) is 12.4 Å². The second-order valence-electron chi connectivity index (χ2n) is 7.04. The minimum absolute atomic E-state index is 0.575. The molecule has 2 nitrogen and oxygen atoms in total. The Morgan fingerprint density at radius 2 is 1.21 bits per heavy atom. The molecule has 0 radical (unpaired) electrons. The normalized spacial score (nSPS) is 11.1. The first-order valence-electron chi connectivity index (χ1n) is 9.60. The molecule has 0 amide bonds. The molecule has 1 heterocycles. The van der Waals surface area contributed by atoms with E-state index in [2.05, 4.69) is 89.5 Å². The van der Waals surface area contributed by atoms with E-state index in [4.69, 9.17) is 4.74 Å². The largest absolute Gasteiger partial charge is 0.489 e. The van der Waals surface area contributed by atoms with Crippen molar-refractivity contribution >= 4 is 21.8 Å². The van der Waals surface area contributed by atoms with Gasteiger partial charge in [0.2, 0.25) is 0 Å². The van der Waals surface area contributed by atoms with Crippen LogP contribution in [-0.4, -0.2) is 4.57 Å². The number of para-hydroxylation sites is 1. The highest BCUT2D eigenvalue weighted by Crippen LogP contribution is 2.32. The monoisotopic (exact) mass is 363 g/mol. The number of ether oxygens (including phenoxy) is 1. The fourth-order valence-corrected chi connectivity index (χ4v) is 3.80. The topological polar surface area (TPSA) is 14.2 Å². The Labute approximate surface area is 164 Å². The Kier molecular flexibility index (Phi) is 4.30. The maximum absolute atomic E-state index is 6.09. The van der Waals surface area contributed by atoms with Gasteiger partial charge in [-0.05, 0) is 29.3 Å². The summed E-state index contributed by atoms with van der Waals surface area (Å²) in [5.41, 5.74) is 4.92. The van der Waals surface area contributed by atoms with Gasteiger partial charge in [-0.3, -0.25) is 0 Å². The number of rotatable bonds is 5. The van der Waals surface area contributed by atoms with Crippen LogP contribution in [0.15, 0.2) is 103 Å². The van der Waals surface area contributed by atoms with E-state index in [1.807, 2.05) is 18.2 Å². The zero-order valence-electron chi connectivity index (χ0n) is 15.6. The molecule has 0 aliphatic heterocycles. The third kappa shape index (κ3) is 3.14. The lowest BCUT2D eigenvalue weighted by Crippen LogP contribution is -2.00. The fourth-order valence-electron chi connectivity index (χ4n) is 3.80. The molecule has 0 aliphatic rings. The Morgan fingerprint density at radius 3 is 2.00 bits per heavy atom. The van der Waals surface area contributed by atoms with E-state index >= 15 is 0 Å². The first kappa shape index (κ1) is 16.6. The van der Waals surface area contributed by atoms with Crippen LogP contribution < -0.4 is 4.74 Å². The van der Waals surface area contributed by atoms with Gasteiger partial charge in [-0.2, -0.15) is 0 Å². The minimum Gasteiger partial charge on any atom is -0.489 e. The molecule has 4 aromatic carbocycles. The van der Waals surface area contributed by atoms with Crippen LogP contribution in [0.25, 0.3) is 21.8 Å². The fraction of sp³-hybridized carbons (Fsp3) is 0.0769. The maximum Gasteiger partial charge on any atom is 0.121 e. The molecule has 5 aromatic rings. The summed E-state index contributed by atoms with van der Waals surface area (Å²) in [6.07, 6.45) is 0. The summed E-state index contributed by atoms with van der Waals surface area (Å²) in [7, 11) is 0. The van der Waals surface area contributed by atoms with Gasteiger partial charge in [-0.1, -0.05) is 78.9 Å². The second kappa shape index (κ2) is 7.24. The van der Waals surface area contributed by atoms with Crippen molar-refractivity contribution in [1.82, 2.24) is 4.57 Å². The average Bonchev–Trinajstić information content (AvgIpc) is 3.07. The SMILES string of the molecule is c1ccc(COc2ccc3c4ccccc4n(Cc4ccccc4)c3c2)cc1. The molecule has 0 atom stereocenters. The first-order chi connectivity index (χ1) is 13.9. The van der Waals surface area contributed by atoms with Gasteiger partial charge in [-0.25, -0.2) is 0 Å². The molecule has 0 bridgehead atoms. The lowest BCUT2D eigenvalue weighted by Gasteiger charge is -2.10. The van der Waals surface area contributed by atoms with Gasteiger partial charge < -0.3 is 9.30 Å². The number of nitrogens with zero attached hydrogens (tertiary/aromatic N) is 1. The number of aromatic nitrogens is 1. The molecular weight excluding hydrogens is 342 g/mol. The Balaban J connectivity index is 1.57. The van der Waals surface area contributed by atoms with E-state index in [1.165, 1.54) is 32.9 Å². The van der Waals surface area contributed by atoms with Crippen LogP contribution in [0.2, 0.25) is 0 Å². The van der Waals surface area contributed by atoms with E-state index in [9.17, 15) is 0 Å². The predicted molar refractivity (Wildman–Crippen MR) is 116 cm³/mol. The van der Waals surface area contributed by atoms with Crippen molar-refractivity contribution in [2.24, 2.45) is 0 Å². The molecule has 0 saturated heterocycles. The molecule has 0 aliphatic carbocycles. The summed E-state index contributed by atoms with van der Waals surface area (Å²) in [4.78, 5) is 0. The Bertz CT molecular complexity index is 1220. The summed E-state index contributed by atoms with van der Waals surface area (Å²) in [5, 5.41) is 2.54. The summed E-state index contributed by atoms with van der Waals surface area (Å²) >= 11 is 0. The molecule has 0 spiro atoms. The standard InChI is InChI=1S/C26H21NO/c1-3-9-20(10-4-1)18-27-25-14-8-7-13-23(25)24-16-15-22(17-26(24)27)28-19-21-11-5-2-6-12-21/h1-17H,18-19H2. The van der Waals surface area contributed by atoms with E-state index in [-0.39, 0.29) is 0 Å².